The molecule has 1 atom stereocenters. The summed E-state index contributed by atoms with van der Waals surface area (Å²) < 4.78 is 8.17. The van der Waals surface area contributed by atoms with Crippen LogP contribution in [-0.4, -0.2) is 9.55 Å². The molecule has 0 fully saturated rings. The fraction of sp³-hybridized carbons (Fsp3) is 0.0714. The van der Waals surface area contributed by atoms with Gasteiger partial charge in [-0.15, -0.1) is 0 Å². The molecule has 0 amide bonds. The molecule has 1 aliphatic rings. The molecule has 6 rings (SSSR count). The van der Waals surface area contributed by atoms with E-state index in [0.29, 0.717) is 17.9 Å². The van der Waals surface area contributed by atoms with Gasteiger partial charge in [-0.3, -0.25) is 5.41 Å². The van der Waals surface area contributed by atoms with Crippen LogP contribution in [0.5, 0.6) is 11.6 Å². The summed E-state index contributed by atoms with van der Waals surface area (Å²) in [7, 11) is 0. The number of rotatable bonds is 3. The van der Waals surface area contributed by atoms with Crippen molar-refractivity contribution in [2.75, 3.05) is 0 Å². The third-order valence-corrected chi connectivity index (χ3v) is 6.13. The van der Waals surface area contributed by atoms with Crippen molar-refractivity contribution in [1.29, 1.82) is 5.41 Å². The van der Waals surface area contributed by atoms with Crippen molar-refractivity contribution in [2.24, 2.45) is 0 Å². The Morgan fingerprint density at radius 2 is 1.50 bits per heavy atom. The summed E-state index contributed by atoms with van der Waals surface area (Å²) in [6.07, 6.45) is 1.71. The van der Waals surface area contributed by atoms with Crippen LogP contribution < -0.4 is 10.2 Å². The minimum Gasteiger partial charge on any atom is -0.438 e. The van der Waals surface area contributed by atoms with Crippen molar-refractivity contribution in [1.82, 2.24) is 9.55 Å². The van der Waals surface area contributed by atoms with Gasteiger partial charge in [0.25, 0.3) is 0 Å². The summed E-state index contributed by atoms with van der Waals surface area (Å²) in [6, 6.07) is 33.0. The number of hydrogen-bond donors (Lipinski definition) is 1. The molecule has 0 radical (unpaired) electrons. The van der Waals surface area contributed by atoms with Crippen LogP contribution in [-0.2, 0) is 6.54 Å². The molecule has 0 unspecified atom stereocenters. The van der Waals surface area contributed by atoms with Crippen LogP contribution in [0.15, 0.2) is 103 Å². The van der Waals surface area contributed by atoms with E-state index in [1.54, 1.807) is 6.33 Å². The quantitative estimate of drug-likeness (QED) is 0.394. The standard InChI is InChI=1S/C28H21N3O/c29-27-26-24(21-12-5-2-6-13-21)25-22-14-8-7-11-20(22)15-16-23(25)32-28(26)30-18-31(27)17-19-9-3-1-4-10-19/h1-16,18,24,29H,17H2/t24-/m0/s1. The molecule has 1 aromatic heterocycles. The lowest BCUT2D eigenvalue weighted by Crippen LogP contribution is -2.30. The van der Waals surface area contributed by atoms with E-state index in [1.165, 1.54) is 0 Å². The van der Waals surface area contributed by atoms with Crippen molar-refractivity contribution >= 4 is 10.8 Å². The fourth-order valence-electron chi connectivity index (χ4n) is 4.64. The van der Waals surface area contributed by atoms with Gasteiger partial charge in [-0.2, -0.15) is 0 Å². The average Bonchev–Trinajstić information content (AvgIpc) is 2.85. The highest BCUT2D eigenvalue weighted by atomic mass is 16.5. The topological polar surface area (TPSA) is 50.9 Å². The maximum Gasteiger partial charge on any atom is 0.228 e. The smallest absolute Gasteiger partial charge is 0.228 e. The van der Waals surface area contributed by atoms with Gasteiger partial charge in [-0.05, 0) is 28.0 Å². The average molecular weight is 415 g/mol. The number of ether oxygens (including phenoxy) is 1. The first-order valence-corrected chi connectivity index (χ1v) is 10.7. The molecular weight excluding hydrogens is 394 g/mol. The molecule has 4 heteroatoms. The fourth-order valence-corrected chi connectivity index (χ4v) is 4.64. The zero-order chi connectivity index (χ0) is 21.5. The Kier molecular flexibility index (Phi) is 4.36. The summed E-state index contributed by atoms with van der Waals surface area (Å²) in [5.74, 6) is 1.18. The Labute approximate surface area is 185 Å². The lowest BCUT2D eigenvalue weighted by atomic mass is 9.81. The van der Waals surface area contributed by atoms with Crippen molar-refractivity contribution < 1.29 is 4.74 Å². The summed E-state index contributed by atoms with van der Waals surface area (Å²) in [5.41, 5.74) is 4.58. The van der Waals surface area contributed by atoms with E-state index in [1.807, 2.05) is 47.0 Å². The summed E-state index contributed by atoms with van der Waals surface area (Å²) in [4.78, 5) is 4.65. The van der Waals surface area contributed by atoms with E-state index in [2.05, 4.69) is 59.6 Å². The predicted molar refractivity (Wildman–Crippen MR) is 125 cm³/mol. The second-order valence-corrected chi connectivity index (χ2v) is 8.07. The first-order chi connectivity index (χ1) is 15.8. The molecule has 0 spiro atoms. The second-order valence-electron chi connectivity index (χ2n) is 8.07. The van der Waals surface area contributed by atoms with Crippen molar-refractivity contribution in [3.63, 3.8) is 0 Å². The molecule has 1 aliphatic heterocycles. The Bertz CT molecular complexity index is 1490. The van der Waals surface area contributed by atoms with E-state index < -0.39 is 0 Å². The van der Waals surface area contributed by atoms with Gasteiger partial charge in [-0.25, -0.2) is 4.98 Å². The third kappa shape index (κ3) is 3.00. The van der Waals surface area contributed by atoms with Crippen molar-refractivity contribution in [3.8, 4) is 11.6 Å². The molecule has 4 nitrogen and oxygen atoms in total. The molecule has 0 aliphatic carbocycles. The van der Waals surface area contributed by atoms with E-state index >= 15 is 0 Å². The number of aromatic nitrogens is 2. The SMILES string of the molecule is N=c1c2c(ncn1Cc1ccccc1)Oc1ccc3ccccc3c1[C@@H]2c1ccccc1. The Morgan fingerprint density at radius 3 is 2.31 bits per heavy atom. The predicted octanol–water partition coefficient (Wildman–Crippen LogP) is 5.85. The van der Waals surface area contributed by atoms with Crippen LogP contribution in [0.4, 0.5) is 0 Å². The molecule has 154 valence electrons. The lowest BCUT2D eigenvalue weighted by molar-refractivity contribution is 0.425. The molecule has 1 N–H and O–H groups in total. The second kappa shape index (κ2) is 7.50. The lowest BCUT2D eigenvalue weighted by Gasteiger charge is -2.29. The van der Waals surface area contributed by atoms with E-state index in [9.17, 15) is 0 Å². The van der Waals surface area contributed by atoms with Gasteiger partial charge in [0.05, 0.1) is 12.1 Å². The molecule has 2 heterocycles. The molecule has 5 aromatic rings. The van der Waals surface area contributed by atoms with Crippen LogP contribution in [0, 0.1) is 5.41 Å². The number of nitrogens with zero attached hydrogens (tertiary/aromatic N) is 2. The number of benzene rings is 4. The van der Waals surface area contributed by atoms with E-state index in [-0.39, 0.29) is 5.92 Å². The summed E-state index contributed by atoms with van der Waals surface area (Å²) >= 11 is 0. The number of hydrogen-bond acceptors (Lipinski definition) is 3. The minimum absolute atomic E-state index is 0.135. The highest BCUT2D eigenvalue weighted by Gasteiger charge is 2.33. The molecule has 0 bridgehead atoms. The van der Waals surface area contributed by atoms with Gasteiger partial charge in [0, 0.05) is 11.5 Å². The van der Waals surface area contributed by atoms with Gasteiger partial charge in [-0.1, -0.05) is 91.0 Å². The molecule has 32 heavy (non-hydrogen) atoms. The van der Waals surface area contributed by atoms with Crippen molar-refractivity contribution in [2.45, 2.75) is 12.5 Å². The van der Waals surface area contributed by atoms with Gasteiger partial charge >= 0.3 is 0 Å². The minimum atomic E-state index is -0.135. The molecular formula is C28H21N3O. The number of nitrogens with one attached hydrogen (secondary N) is 1. The summed E-state index contributed by atoms with van der Waals surface area (Å²) in [5, 5.41) is 11.4. The Hall–Kier alpha value is -4.18. The maximum atomic E-state index is 9.15. The van der Waals surface area contributed by atoms with Crippen LogP contribution in [0.25, 0.3) is 10.8 Å². The number of fused-ring (bicyclic) bond motifs is 4. The van der Waals surface area contributed by atoms with Gasteiger partial charge in [0.15, 0.2) is 0 Å². The highest BCUT2D eigenvalue weighted by Crippen LogP contribution is 2.47. The highest BCUT2D eigenvalue weighted by molar-refractivity contribution is 5.90. The molecule has 4 aromatic carbocycles. The largest absolute Gasteiger partial charge is 0.438 e. The molecule has 0 saturated carbocycles. The Morgan fingerprint density at radius 1 is 0.781 bits per heavy atom. The van der Waals surface area contributed by atoms with E-state index in [0.717, 1.165) is 38.8 Å². The monoisotopic (exact) mass is 415 g/mol. The normalized spacial score (nSPS) is 14.4. The maximum absolute atomic E-state index is 9.15. The van der Waals surface area contributed by atoms with Gasteiger partial charge in [0.1, 0.15) is 17.6 Å². The zero-order valence-electron chi connectivity index (χ0n) is 17.4. The van der Waals surface area contributed by atoms with Crippen LogP contribution >= 0.6 is 0 Å². The van der Waals surface area contributed by atoms with Crippen LogP contribution in [0.3, 0.4) is 0 Å². The van der Waals surface area contributed by atoms with Gasteiger partial charge < -0.3 is 9.30 Å². The summed E-state index contributed by atoms with van der Waals surface area (Å²) in [6.45, 7) is 0.587. The third-order valence-electron chi connectivity index (χ3n) is 6.13. The van der Waals surface area contributed by atoms with Crippen LogP contribution in [0.2, 0.25) is 0 Å². The van der Waals surface area contributed by atoms with Crippen molar-refractivity contribution in [3.05, 3.63) is 131 Å². The molecule has 0 saturated heterocycles. The first kappa shape index (κ1) is 18.6. The van der Waals surface area contributed by atoms with Gasteiger partial charge in [0.2, 0.25) is 5.88 Å². The first-order valence-electron chi connectivity index (χ1n) is 10.7. The van der Waals surface area contributed by atoms with E-state index in [4.69, 9.17) is 10.1 Å². The zero-order valence-corrected chi connectivity index (χ0v) is 17.4. The Balaban J connectivity index is 1.61. The van der Waals surface area contributed by atoms with Crippen LogP contribution in [0.1, 0.15) is 28.2 Å².